The monoisotopic (exact) mass is 437 g/mol. The SMILES string of the molecule is COc1cccc2cc(C(C)NC(=O)C(C)N3C(=O)c4cccc([N+](=O)[O-])c4C3=O)oc12. The zero-order chi connectivity index (χ0) is 23.2. The summed E-state index contributed by atoms with van der Waals surface area (Å²) in [6, 6.07) is 9.21. The lowest BCUT2D eigenvalue weighted by atomic mass is 10.1. The number of imide groups is 1. The average Bonchev–Trinajstić information content (AvgIpc) is 3.32. The summed E-state index contributed by atoms with van der Waals surface area (Å²) in [5.41, 5.74) is -0.340. The lowest BCUT2D eigenvalue weighted by Gasteiger charge is -2.23. The second kappa shape index (κ2) is 7.80. The van der Waals surface area contributed by atoms with E-state index >= 15 is 0 Å². The van der Waals surface area contributed by atoms with Crippen molar-refractivity contribution >= 4 is 34.4 Å². The molecule has 4 rings (SSSR count). The molecule has 2 aromatic carbocycles. The Kier molecular flexibility index (Phi) is 5.13. The molecule has 1 aromatic heterocycles. The molecular formula is C22H19N3O7. The lowest BCUT2D eigenvalue weighted by molar-refractivity contribution is -0.385. The van der Waals surface area contributed by atoms with Crippen molar-refractivity contribution in [3.05, 3.63) is 69.5 Å². The van der Waals surface area contributed by atoms with Crippen LogP contribution in [0.5, 0.6) is 5.75 Å². The maximum atomic E-state index is 12.9. The molecule has 1 aliphatic rings. The van der Waals surface area contributed by atoms with Crippen LogP contribution >= 0.6 is 0 Å². The first-order valence-electron chi connectivity index (χ1n) is 9.76. The molecule has 0 fully saturated rings. The van der Waals surface area contributed by atoms with Crippen LogP contribution in [0, 0.1) is 10.1 Å². The van der Waals surface area contributed by atoms with Crippen molar-refractivity contribution in [2.24, 2.45) is 0 Å². The number of hydrogen-bond acceptors (Lipinski definition) is 7. The number of benzene rings is 2. The largest absolute Gasteiger partial charge is 0.493 e. The Morgan fingerprint density at radius 2 is 1.88 bits per heavy atom. The van der Waals surface area contributed by atoms with Crippen molar-refractivity contribution in [1.29, 1.82) is 0 Å². The van der Waals surface area contributed by atoms with Gasteiger partial charge >= 0.3 is 0 Å². The minimum absolute atomic E-state index is 0.0960. The summed E-state index contributed by atoms with van der Waals surface area (Å²) in [6.45, 7) is 3.08. The number of nitro groups is 1. The van der Waals surface area contributed by atoms with Crippen LogP contribution < -0.4 is 10.1 Å². The Morgan fingerprint density at radius 3 is 2.56 bits per heavy atom. The highest BCUT2D eigenvalue weighted by Crippen LogP contribution is 2.33. The minimum atomic E-state index is -1.19. The van der Waals surface area contributed by atoms with Gasteiger partial charge in [0.15, 0.2) is 11.3 Å². The number of fused-ring (bicyclic) bond motifs is 2. The molecule has 0 aliphatic carbocycles. The number of rotatable bonds is 6. The second-order valence-corrected chi connectivity index (χ2v) is 7.37. The van der Waals surface area contributed by atoms with Crippen molar-refractivity contribution in [2.75, 3.05) is 7.11 Å². The minimum Gasteiger partial charge on any atom is -0.493 e. The summed E-state index contributed by atoms with van der Waals surface area (Å²) in [4.78, 5) is 49.7. The number of hydrogen-bond donors (Lipinski definition) is 1. The Hall–Kier alpha value is -4.21. The summed E-state index contributed by atoms with van der Waals surface area (Å²) >= 11 is 0. The summed E-state index contributed by atoms with van der Waals surface area (Å²) in [5, 5.41) is 14.8. The summed E-state index contributed by atoms with van der Waals surface area (Å²) in [6.07, 6.45) is 0. The molecule has 164 valence electrons. The molecule has 3 amide bonds. The summed E-state index contributed by atoms with van der Waals surface area (Å²) in [5.74, 6) is -1.23. The van der Waals surface area contributed by atoms with Crippen LogP contribution in [-0.4, -0.2) is 40.7 Å². The molecule has 2 heterocycles. The van der Waals surface area contributed by atoms with Gasteiger partial charge < -0.3 is 14.5 Å². The fourth-order valence-corrected chi connectivity index (χ4v) is 3.74. The summed E-state index contributed by atoms with van der Waals surface area (Å²) in [7, 11) is 1.52. The van der Waals surface area contributed by atoms with E-state index in [1.165, 1.54) is 26.2 Å². The molecule has 0 bridgehead atoms. The van der Waals surface area contributed by atoms with Crippen LogP contribution in [0.25, 0.3) is 11.0 Å². The normalized spacial score (nSPS) is 14.9. The Bertz CT molecular complexity index is 1280. The Balaban J connectivity index is 1.55. The van der Waals surface area contributed by atoms with E-state index in [-0.39, 0.29) is 11.1 Å². The van der Waals surface area contributed by atoms with Crippen LogP contribution in [0.1, 0.15) is 46.4 Å². The second-order valence-electron chi connectivity index (χ2n) is 7.37. The van der Waals surface area contributed by atoms with Gasteiger partial charge in [0.1, 0.15) is 17.4 Å². The number of furan rings is 1. The highest BCUT2D eigenvalue weighted by molar-refractivity contribution is 6.24. The van der Waals surface area contributed by atoms with Gasteiger partial charge in [-0.15, -0.1) is 0 Å². The van der Waals surface area contributed by atoms with Crippen LogP contribution in [-0.2, 0) is 4.79 Å². The molecule has 32 heavy (non-hydrogen) atoms. The maximum Gasteiger partial charge on any atom is 0.282 e. The highest BCUT2D eigenvalue weighted by Gasteiger charge is 2.45. The van der Waals surface area contributed by atoms with E-state index in [0.717, 1.165) is 16.4 Å². The van der Waals surface area contributed by atoms with E-state index in [4.69, 9.17) is 9.15 Å². The third kappa shape index (κ3) is 3.25. The van der Waals surface area contributed by atoms with Crippen LogP contribution in [0.3, 0.4) is 0 Å². The van der Waals surface area contributed by atoms with Crippen LogP contribution in [0.15, 0.2) is 46.9 Å². The first-order chi connectivity index (χ1) is 15.2. The van der Waals surface area contributed by atoms with E-state index in [0.29, 0.717) is 17.1 Å². The first kappa shape index (κ1) is 21.0. The van der Waals surface area contributed by atoms with Crippen molar-refractivity contribution in [3.8, 4) is 5.75 Å². The number of nitro benzene ring substituents is 1. The predicted octanol–water partition coefficient (Wildman–Crippen LogP) is 3.21. The molecule has 0 spiro atoms. The number of para-hydroxylation sites is 1. The van der Waals surface area contributed by atoms with Crippen molar-refractivity contribution in [3.63, 3.8) is 0 Å². The van der Waals surface area contributed by atoms with Gasteiger partial charge in [0.2, 0.25) is 5.91 Å². The molecule has 2 atom stereocenters. The van der Waals surface area contributed by atoms with E-state index in [1.807, 2.05) is 12.1 Å². The van der Waals surface area contributed by atoms with Gasteiger partial charge in [-0.2, -0.15) is 0 Å². The maximum absolute atomic E-state index is 12.9. The number of methoxy groups -OCH3 is 1. The number of carbonyl (C=O) groups excluding carboxylic acids is 3. The fraction of sp³-hybridized carbons (Fsp3) is 0.227. The topological polar surface area (TPSA) is 132 Å². The van der Waals surface area contributed by atoms with E-state index in [2.05, 4.69) is 5.32 Å². The van der Waals surface area contributed by atoms with Crippen LogP contribution in [0.2, 0.25) is 0 Å². The average molecular weight is 437 g/mol. The highest BCUT2D eigenvalue weighted by atomic mass is 16.6. The molecule has 10 nitrogen and oxygen atoms in total. The van der Waals surface area contributed by atoms with Gasteiger partial charge in [-0.05, 0) is 32.0 Å². The summed E-state index contributed by atoms with van der Waals surface area (Å²) < 4.78 is 11.1. The van der Waals surface area contributed by atoms with Crippen molar-refractivity contribution in [2.45, 2.75) is 25.9 Å². The number of nitrogens with zero attached hydrogens (tertiary/aromatic N) is 2. The van der Waals surface area contributed by atoms with E-state index < -0.39 is 40.4 Å². The van der Waals surface area contributed by atoms with E-state index in [9.17, 15) is 24.5 Å². The predicted molar refractivity (Wildman–Crippen MR) is 112 cm³/mol. The molecule has 3 aromatic rings. The number of carbonyl (C=O) groups is 3. The van der Waals surface area contributed by atoms with Gasteiger partial charge in [0.25, 0.3) is 17.5 Å². The number of amides is 3. The molecule has 0 saturated heterocycles. The van der Waals surface area contributed by atoms with Gasteiger partial charge in [-0.25, -0.2) is 0 Å². The van der Waals surface area contributed by atoms with Gasteiger partial charge in [0, 0.05) is 11.5 Å². The smallest absolute Gasteiger partial charge is 0.282 e. The molecule has 2 unspecified atom stereocenters. The van der Waals surface area contributed by atoms with Crippen molar-refractivity contribution in [1.82, 2.24) is 10.2 Å². The molecule has 1 N–H and O–H groups in total. The molecule has 10 heteroatoms. The van der Waals surface area contributed by atoms with Gasteiger partial charge in [-0.1, -0.05) is 18.2 Å². The quantitative estimate of drug-likeness (QED) is 0.356. The Morgan fingerprint density at radius 1 is 1.16 bits per heavy atom. The molecule has 1 aliphatic heterocycles. The third-order valence-corrected chi connectivity index (χ3v) is 5.42. The zero-order valence-electron chi connectivity index (χ0n) is 17.4. The Labute approximate surface area is 181 Å². The lowest BCUT2D eigenvalue weighted by Crippen LogP contribution is -2.48. The van der Waals surface area contributed by atoms with Gasteiger partial charge in [0.05, 0.1) is 23.6 Å². The van der Waals surface area contributed by atoms with E-state index in [1.54, 1.807) is 19.1 Å². The first-order valence-corrected chi connectivity index (χ1v) is 9.76. The van der Waals surface area contributed by atoms with Gasteiger partial charge in [-0.3, -0.25) is 29.4 Å². The van der Waals surface area contributed by atoms with Crippen LogP contribution in [0.4, 0.5) is 5.69 Å². The van der Waals surface area contributed by atoms with Crippen molar-refractivity contribution < 1.29 is 28.5 Å². The standard InChI is InChI=1S/C22H19N3O7/c1-11(17-10-13-6-4-9-16(31-3)19(13)32-17)23-20(26)12(2)24-21(27)14-7-5-8-15(25(29)30)18(14)22(24)28/h4-12H,1-3H3,(H,23,26). The number of ether oxygens (including phenoxy) is 1. The molecule has 0 radical (unpaired) electrons. The number of nitrogens with one attached hydrogen (secondary N) is 1. The fourth-order valence-electron chi connectivity index (χ4n) is 3.74. The molecule has 0 saturated carbocycles. The third-order valence-electron chi connectivity index (χ3n) is 5.42. The zero-order valence-corrected chi connectivity index (χ0v) is 17.4. The molecular weight excluding hydrogens is 418 g/mol.